The number of nitrogens with zero attached hydrogens (tertiary/aromatic N) is 2. The summed E-state index contributed by atoms with van der Waals surface area (Å²) in [6, 6.07) is 12.4. The van der Waals surface area contributed by atoms with Crippen LogP contribution in [0.25, 0.3) is 0 Å². The van der Waals surface area contributed by atoms with E-state index in [4.69, 9.17) is 9.90 Å². The van der Waals surface area contributed by atoms with Gasteiger partial charge in [-0.3, -0.25) is 9.52 Å². The molecular weight excluding hydrogens is 573 g/mol. The lowest BCUT2D eigenvalue weighted by atomic mass is 9.87. The molecule has 0 saturated carbocycles. The number of rotatable bonds is 5. The van der Waals surface area contributed by atoms with Crippen molar-refractivity contribution in [2.75, 3.05) is 48.9 Å². The third kappa shape index (κ3) is 9.09. The highest BCUT2D eigenvalue weighted by atomic mass is 32.2. The van der Waals surface area contributed by atoms with Crippen molar-refractivity contribution in [1.29, 1.82) is 0 Å². The predicted octanol–water partition coefficient (Wildman–Crippen LogP) is 4.84. The average Bonchev–Trinajstić information content (AvgIpc) is 3.22. The van der Waals surface area contributed by atoms with Crippen LogP contribution in [-0.4, -0.2) is 75.7 Å². The maximum atomic E-state index is 13.6. The Balaban J connectivity index is 0.000000616. The van der Waals surface area contributed by atoms with Crippen LogP contribution in [0.4, 0.5) is 24.5 Å². The van der Waals surface area contributed by atoms with Gasteiger partial charge in [-0.25, -0.2) is 13.2 Å². The van der Waals surface area contributed by atoms with Crippen LogP contribution in [0.3, 0.4) is 0 Å². The van der Waals surface area contributed by atoms with Gasteiger partial charge in [0.2, 0.25) is 0 Å². The van der Waals surface area contributed by atoms with E-state index >= 15 is 0 Å². The third-order valence-corrected chi connectivity index (χ3v) is 8.50. The van der Waals surface area contributed by atoms with Gasteiger partial charge in [-0.2, -0.15) is 13.2 Å². The number of nitrogens with one attached hydrogen (secondary N) is 2. The van der Waals surface area contributed by atoms with Crippen LogP contribution >= 0.6 is 0 Å². The molecule has 4 rings (SSSR count). The normalized spacial score (nSPS) is 16.6. The van der Waals surface area contributed by atoms with Gasteiger partial charge < -0.3 is 20.2 Å². The minimum atomic E-state index is -5.08. The molecule has 1 amide bonds. The number of carboxylic acid groups (broad SMARTS) is 1. The fourth-order valence-electron chi connectivity index (χ4n) is 4.74. The standard InChI is InChI=1S/C27H38N4O3S.C2HF3O2/c1-27(2,3)21-8-11-23(12-9-21)35(33,34)29-22-10-13-25(30-18-14-28-15-19-30)24(20-22)26(32)31-16-6-4-5-7-17-31;3-2(4,5)1(6)7/h8-13,20,28-29H,4-7,14-19H2,1-3H3;(H,6,7). The van der Waals surface area contributed by atoms with Crippen molar-refractivity contribution >= 4 is 33.3 Å². The lowest BCUT2D eigenvalue weighted by molar-refractivity contribution is -0.192. The van der Waals surface area contributed by atoms with Crippen molar-refractivity contribution < 1.29 is 36.3 Å². The first-order valence-electron chi connectivity index (χ1n) is 13.9. The van der Waals surface area contributed by atoms with Crippen LogP contribution in [0.15, 0.2) is 47.4 Å². The van der Waals surface area contributed by atoms with Gasteiger partial charge >= 0.3 is 12.1 Å². The molecular formula is C29H39F3N4O5S. The Bertz CT molecular complexity index is 1330. The van der Waals surface area contributed by atoms with E-state index in [2.05, 4.69) is 35.7 Å². The highest BCUT2D eigenvalue weighted by molar-refractivity contribution is 7.92. The van der Waals surface area contributed by atoms with Crippen LogP contribution in [0.5, 0.6) is 0 Å². The van der Waals surface area contributed by atoms with Crippen molar-refractivity contribution in [2.24, 2.45) is 0 Å². The maximum absolute atomic E-state index is 13.6. The van der Waals surface area contributed by atoms with Crippen molar-refractivity contribution in [3.05, 3.63) is 53.6 Å². The van der Waals surface area contributed by atoms with E-state index in [0.29, 0.717) is 11.3 Å². The largest absolute Gasteiger partial charge is 0.490 e. The number of carboxylic acids is 1. The molecule has 13 heteroatoms. The zero-order chi connectivity index (χ0) is 31.1. The first-order chi connectivity index (χ1) is 19.6. The van der Waals surface area contributed by atoms with Crippen molar-refractivity contribution in [2.45, 2.75) is 62.9 Å². The summed E-state index contributed by atoms with van der Waals surface area (Å²) in [4.78, 5) is 26.9. The van der Waals surface area contributed by atoms with E-state index in [-0.39, 0.29) is 16.2 Å². The fraction of sp³-hybridized carbons (Fsp3) is 0.517. The van der Waals surface area contributed by atoms with Crippen LogP contribution in [0, 0.1) is 0 Å². The van der Waals surface area contributed by atoms with Gasteiger partial charge in [-0.15, -0.1) is 0 Å². The topological polar surface area (TPSA) is 119 Å². The number of halogens is 3. The number of aliphatic carboxylic acids is 1. The molecule has 0 radical (unpaired) electrons. The monoisotopic (exact) mass is 612 g/mol. The molecule has 2 aliphatic rings. The van der Waals surface area contributed by atoms with E-state index in [1.54, 1.807) is 24.3 Å². The Hall–Kier alpha value is -3.32. The second kappa shape index (κ2) is 13.8. The first kappa shape index (κ1) is 33.2. The minimum absolute atomic E-state index is 0.0176. The average molecular weight is 613 g/mol. The predicted molar refractivity (Wildman–Crippen MR) is 156 cm³/mol. The number of anilines is 2. The summed E-state index contributed by atoms with van der Waals surface area (Å²) in [7, 11) is -3.78. The summed E-state index contributed by atoms with van der Waals surface area (Å²) in [6.45, 7) is 11.1. The summed E-state index contributed by atoms with van der Waals surface area (Å²) in [6.07, 6.45) is -0.790. The molecule has 3 N–H and O–H groups in total. The highest BCUT2D eigenvalue weighted by Crippen LogP contribution is 2.29. The molecule has 0 spiro atoms. The van der Waals surface area contributed by atoms with Crippen LogP contribution in [0.1, 0.15) is 62.4 Å². The number of likely N-dealkylation sites (tertiary alicyclic amines) is 1. The molecule has 232 valence electrons. The van der Waals surface area contributed by atoms with E-state index in [1.165, 1.54) is 0 Å². The Labute approximate surface area is 245 Å². The van der Waals surface area contributed by atoms with Crippen molar-refractivity contribution in [3.63, 3.8) is 0 Å². The SMILES string of the molecule is CC(C)(C)c1ccc(S(=O)(=O)Nc2ccc(N3CCNCC3)c(C(=O)N3CCCCCC3)c2)cc1.O=C(O)C(F)(F)F. The molecule has 2 aromatic rings. The molecule has 0 unspecified atom stereocenters. The Kier molecular flexibility index (Phi) is 10.9. The number of sulfonamides is 1. The molecule has 0 aliphatic carbocycles. The molecule has 0 atom stereocenters. The number of benzene rings is 2. The molecule has 2 aromatic carbocycles. The van der Waals surface area contributed by atoms with E-state index in [0.717, 1.165) is 76.2 Å². The Morgan fingerprint density at radius 1 is 0.881 bits per heavy atom. The van der Waals surface area contributed by atoms with Gasteiger partial charge in [-0.1, -0.05) is 45.7 Å². The van der Waals surface area contributed by atoms with Crippen LogP contribution in [-0.2, 0) is 20.2 Å². The summed E-state index contributed by atoms with van der Waals surface area (Å²) >= 11 is 0. The minimum Gasteiger partial charge on any atom is -0.475 e. The second-order valence-electron chi connectivity index (χ2n) is 11.4. The molecule has 2 saturated heterocycles. The molecule has 2 aliphatic heterocycles. The van der Waals surface area contributed by atoms with E-state index < -0.39 is 22.2 Å². The lowest BCUT2D eigenvalue weighted by Gasteiger charge is -2.32. The summed E-state index contributed by atoms with van der Waals surface area (Å²) in [5.74, 6) is -2.77. The molecule has 42 heavy (non-hydrogen) atoms. The van der Waals surface area contributed by atoms with E-state index in [1.807, 2.05) is 23.1 Å². The molecule has 2 heterocycles. The van der Waals surface area contributed by atoms with Crippen molar-refractivity contribution in [1.82, 2.24) is 10.2 Å². The zero-order valence-electron chi connectivity index (χ0n) is 24.1. The van der Waals surface area contributed by atoms with Crippen LogP contribution in [0.2, 0.25) is 0 Å². The van der Waals surface area contributed by atoms with Gasteiger partial charge in [0.15, 0.2) is 0 Å². The number of carbonyl (C=O) groups excluding carboxylic acids is 1. The third-order valence-electron chi connectivity index (χ3n) is 7.10. The molecule has 2 fully saturated rings. The fourth-order valence-corrected chi connectivity index (χ4v) is 5.79. The highest BCUT2D eigenvalue weighted by Gasteiger charge is 2.38. The summed E-state index contributed by atoms with van der Waals surface area (Å²) in [5.41, 5.74) is 2.86. The smallest absolute Gasteiger partial charge is 0.475 e. The van der Waals surface area contributed by atoms with E-state index in [9.17, 15) is 26.4 Å². The number of alkyl halides is 3. The van der Waals surface area contributed by atoms with Gasteiger partial charge in [0.05, 0.1) is 10.5 Å². The number of hydrogen-bond acceptors (Lipinski definition) is 6. The quantitative estimate of drug-likeness (QED) is 0.442. The Morgan fingerprint density at radius 3 is 1.93 bits per heavy atom. The second-order valence-corrected chi connectivity index (χ2v) is 13.0. The molecule has 9 nitrogen and oxygen atoms in total. The number of carbonyl (C=O) groups is 2. The summed E-state index contributed by atoms with van der Waals surface area (Å²) in [5, 5.41) is 10.5. The number of amides is 1. The maximum Gasteiger partial charge on any atom is 0.490 e. The zero-order valence-corrected chi connectivity index (χ0v) is 24.9. The lowest BCUT2D eigenvalue weighted by Crippen LogP contribution is -2.44. The first-order valence-corrected chi connectivity index (χ1v) is 15.4. The van der Waals surface area contributed by atoms with Gasteiger partial charge in [-0.05, 0) is 54.2 Å². The number of piperazine rings is 1. The molecule has 0 bridgehead atoms. The van der Waals surface area contributed by atoms with Crippen LogP contribution < -0.4 is 14.9 Å². The summed E-state index contributed by atoms with van der Waals surface area (Å²) < 4.78 is 60.7. The van der Waals surface area contributed by atoms with Gasteiger partial charge in [0.25, 0.3) is 15.9 Å². The van der Waals surface area contributed by atoms with Gasteiger partial charge in [0, 0.05) is 50.6 Å². The number of hydrogen-bond donors (Lipinski definition) is 3. The Morgan fingerprint density at radius 2 is 1.43 bits per heavy atom. The van der Waals surface area contributed by atoms with Crippen molar-refractivity contribution in [3.8, 4) is 0 Å². The van der Waals surface area contributed by atoms with Gasteiger partial charge in [0.1, 0.15) is 0 Å². The molecule has 0 aromatic heterocycles.